The van der Waals surface area contributed by atoms with Crippen LogP contribution in [0.1, 0.15) is 44.9 Å². The highest BCUT2D eigenvalue weighted by Crippen LogP contribution is 2.21. The van der Waals surface area contributed by atoms with E-state index in [2.05, 4.69) is 5.32 Å². The van der Waals surface area contributed by atoms with Gasteiger partial charge in [0.1, 0.15) is 0 Å². The fourth-order valence-electron chi connectivity index (χ4n) is 3.14. The van der Waals surface area contributed by atoms with E-state index in [1.807, 2.05) is 4.90 Å². The van der Waals surface area contributed by atoms with Crippen LogP contribution in [0.2, 0.25) is 0 Å². The van der Waals surface area contributed by atoms with Gasteiger partial charge in [0, 0.05) is 32.7 Å². The van der Waals surface area contributed by atoms with Crippen molar-refractivity contribution in [1.82, 2.24) is 10.2 Å². The third-order valence-electron chi connectivity index (χ3n) is 4.34. The molecule has 0 aromatic rings. The summed E-state index contributed by atoms with van der Waals surface area (Å²) < 4.78 is 5.53. The van der Waals surface area contributed by atoms with Crippen LogP contribution in [0.25, 0.3) is 0 Å². The zero-order valence-corrected chi connectivity index (χ0v) is 12.6. The average molecular weight is 298 g/mol. The van der Waals surface area contributed by atoms with Crippen molar-refractivity contribution in [1.29, 1.82) is 0 Å². The van der Waals surface area contributed by atoms with Crippen LogP contribution < -0.4 is 5.32 Å². The maximum atomic E-state index is 12.1. The highest BCUT2D eigenvalue weighted by Gasteiger charge is 2.24. The van der Waals surface area contributed by atoms with Crippen molar-refractivity contribution >= 4 is 12.0 Å². The molecule has 0 saturated carbocycles. The van der Waals surface area contributed by atoms with E-state index in [4.69, 9.17) is 9.84 Å². The molecule has 0 bridgehead atoms. The molecule has 0 aromatic carbocycles. The Bertz CT molecular complexity index is 356. The molecule has 2 heterocycles. The molecule has 2 unspecified atom stereocenters. The summed E-state index contributed by atoms with van der Waals surface area (Å²) in [5.74, 6) is -0.438. The summed E-state index contributed by atoms with van der Waals surface area (Å²) in [5, 5.41) is 11.7. The number of carboxylic acid groups (broad SMARTS) is 1. The number of carbonyl (C=O) groups is 2. The monoisotopic (exact) mass is 298 g/mol. The Labute approximate surface area is 125 Å². The predicted octanol–water partition coefficient (Wildman–Crippen LogP) is 1.84. The maximum absolute atomic E-state index is 12.1. The number of aliphatic carboxylic acids is 1. The Hall–Kier alpha value is -1.30. The molecule has 6 nitrogen and oxygen atoms in total. The van der Waals surface area contributed by atoms with Crippen molar-refractivity contribution in [2.24, 2.45) is 5.92 Å². The van der Waals surface area contributed by atoms with E-state index in [1.165, 1.54) is 0 Å². The summed E-state index contributed by atoms with van der Waals surface area (Å²) in [5.41, 5.74) is 0. The first kappa shape index (κ1) is 16.1. The smallest absolute Gasteiger partial charge is 0.317 e. The first-order chi connectivity index (χ1) is 10.1. The predicted molar refractivity (Wildman–Crippen MR) is 78.2 cm³/mol. The normalized spacial score (nSPS) is 25.8. The number of piperidine rings is 1. The quantitative estimate of drug-likeness (QED) is 0.784. The lowest BCUT2D eigenvalue weighted by Gasteiger charge is -2.32. The van der Waals surface area contributed by atoms with Gasteiger partial charge in [0.25, 0.3) is 0 Å². The second-order valence-electron chi connectivity index (χ2n) is 6.04. The number of hydrogen-bond acceptors (Lipinski definition) is 3. The largest absolute Gasteiger partial charge is 0.481 e. The van der Waals surface area contributed by atoms with Crippen molar-refractivity contribution in [3.63, 3.8) is 0 Å². The summed E-state index contributed by atoms with van der Waals surface area (Å²) in [7, 11) is 0. The molecule has 2 N–H and O–H groups in total. The summed E-state index contributed by atoms with van der Waals surface area (Å²) >= 11 is 0. The second kappa shape index (κ2) is 8.22. The standard InChI is InChI=1S/C15H26N2O4/c18-14(19)6-5-12-3-1-9-17(11-12)15(20)16-8-7-13-4-2-10-21-13/h12-13H,1-11H2,(H,16,20)(H,18,19). The van der Waals surface area contributed by atoms with Crippen LogP contribution in [-0.4, -0.2) is 54.4 Å². The van der Waals surface area contributed by atoms with E-state index in [0.29, 0.717) is 31.5 Å². The molecular weight excluding hydrogens is 272 g/mol. The number of nitrogens with one attached hydrogen (secondary N) is 1. The SMILES string of the molecule is O=C(O)CCC1CCCN(C(=O)NCCC2CCCO2)C1. The Balaban J connectivity index is 1.64. The van der Waals surface area contributed by atoms with Crippen LogP contribution in [-0.2, 0) is 9.53 Å². The van der Waals surface area contributed by atoms with Gasteiger partial charge >= 0.3 is 12.0 Å². The molecule has 0 aromatic heterocycles. The van der Waals surface area contributed by atoms with Gasteiger partial charge in [-0.15, -0.1) is 0 Å². The van der Waals surface area contributed by atoms with Crippen molar-refractivity contribution in [2.75, 3.05) is 26.2 Å². The van der Waals surface area contributed by atoms with Gasteiger partial charge < -0.3 is 20.1 Å². The lowest BCUT2D eigenvalue weighted by Crippen LogP contribution is -2.46. The molecular formula is C15H26N2O4. The van der Waals surface area contributed by atoms with Crippen LogP contribution >= 0.6 is 0 Å². The van der Waals surface area contributed by atoms with Gasteiger partial charge in [-0.05, 0) is 44.4 Å². The summed E-state index contributed by atoms with van der Waals surface area (Å²) in [6.45, 7) is 2.95. The van der Waals surface area contributed by atoms with Gasteiger partial charge in [-0.1, -0.05) is 0 Å². The van der Waals surface area contributed by atoms with E-state index in [1.54, 1.807) is 0 Å². The summed E-state index contributed by atoms with van der Waals surface area (Å²) in [6, 6.07) is -0.0204. The van der Waals surface area contributed by atoms with Crippen LogP contribution in [0.3, 0.4) is 0 Å². The number of amides is 2. The number of carboxylic acids is 1. The molecule has 120 valence electrons. The van der Waals surface area contributed by atoms with Crippen molar-refractivity contribution in [3.8, 4) is 0 Å². The molecule has 2 amide bonds. The van der Waals surface area contributed by atoms with Gasteiger partial charge in [-0.2, -0.15) is 0 Å². The zero-order valence-electron chi connectivity index (χ0n) is 12.6. The minimum atomic E-state index is -0.756. The number of nitrogens with zero attached hydrogens (tertiary/aromatic N) is 1. The average Bonchev–Trinajstić information content (AvgIpc) is 2.98. The highest BCUT2D eigenvalue weighted by molar-refractivity contribution is 5.74. The molecule has 2 fully saturated rings. The first-order valence-corrected chi connectivity index (χ1v) is 8.01. The molecule has 21 heavy (non-hydrogen) atoms. The van der Waals surface area contributed by atoms with Crippen LogP contribution in [0.4, 0.5) is 4.79 Å². The number of rotatable bonds is 6. The number of hydrogen-bond donors (Lipinski definition) is 2. The summed E-state index contributed by atoms with van der Waals surface area (Å²) in [6.07, 6.45) is 6.23. The third-order valence-corrected chi connectivity index (χ3v) is 4.34. The summed E-state index contributed by atoms with van der Waals surface area (Å²) in [4.78, 5) is 24.6. The number of urea groups is 1. The Morgan fingerprint density at radius 3 is 2.81 bits per heavy atom. The van der Waals surface area contributed by atoms with E-state index < -0.39 is 5.97 Å². The lowest BCUT2D eigenvalue weighted by molar-refractivity contribution is -0.137. The van der Waals surface area contributed by atoms with Gasteiger partial charge in [-0.25, -0.2) is 4.79 Å². The molecule has 6 heteroatoms. The highest BCUT2D eigenvalue weighted by atomic mass is 16.5. The number of likely N-dealkylation sites (tertiary alicyclic amines) is 1. The Kier molecular flexibility index (Phi) is 6.29. The number of ether oxygens (including phenoxy) is 1. The molecule has 2 rings (SSSR count). The van der Waals surface area contributed by atoms with E-state index in [-0.39, 0.29) is 12.5 Å². The van der Waals surface area contributed by atoms with Crippen molar-refractivity contribution in [2.45, 2.75) is 51.0 Å². The fourth-order valence-corrected chi connectivity index (χ4v) is 3.14. The van der Waals surface area contributed by atoms with Gasteiger partial charge in [-0.3, -0.25) is 4.79 Å². The van der Waals surface area contributed by atoms with Gasteiger partial charge in [0.2, 0.25) is 0 Å². The molecule has 2 saturated heterocycles. The molecule has 0 radical (unpaired) electrons. The lowest BCUT2D eigenvalue weighted by atomic mass is 9.93. The maximum Gasteiger partial charge on any atom is 0.317 e. The van der Waals surface area contributed by atoms with E-state index in [9.17, 15) is 9.59 Å². The van der Waals surface area contributed by atoms with Crippen molar-refractivity contribution in [3.05, 3.63) is 0 Å². The van der Waals surface area contributed by atoms with E-state index >= 15 is 0 Å². The van der Waals surface area contributed by atoms with Crippen LogP contribution in [0.5, 0.6) is 0 Å². The Morgan fingerprint density at radius 2 is 2.10 bits per heavy atom. The first-order valence-electron chi connectivity index (χ1n) is 8.01. The van der Waals surface area contributed by atoms with Crippen LogP contribution in [0, 0.1) is 5.92 Å². The topological polar surface area (TPSA) is 78.9 Å². The second-order valence-corrected chi connectivity index (χ2v) is 6.04. The minimum Gasteiger partial charge on any atom is -0.481 e. The Morgan fingerprint density at radius 1 is 1.24 bits per heavy atom. The molecule has 2 aliphatic heterocycles. The molecule has 0 aliphatic carbocycles. The fraction of sp³-hybridized carbons (Fsp3) is 0.867. The van der Waals surface area contributed by atoms with Crippen molar-refractivity contribution < 1.29 is 19.4 Å². The molecule has 2 aliphatic rings. The van der Waals surface area contributed by atoms with Gasteiger partial charge in [0.05, 0.1) is 6.10 Å². The zero-order chi connectivity index (χ0) is 15.1. The number of carbonyl (C=O) groups excluding carboxylic acids is 1. The van der Waals surface area contributed by atoms with Gasteiger partial charge in [0.15, 0.2) is 0 Å². The minimum absolute atomic E-state index is 0.0204. The van der Waals surface area contributed by atoms with E-state index in [0.717, 1.165) is 45.3 Å². The molecule has 2 atom stereocenters. The molecule has 0 spiro atoms. The third kappa shape index (κ3) is 5.53. The van der Waals surface area contributed by atoms with Crippen LogP contribution in [0.15, 0.2) is 0 Å².